The number of rotatable bonds is 1. The molecule has 2 aliphatic carbocycles. The van der Waals surface area contributed by atoms with Crippen LogP contribution in [0.15, 0.2) is 15.3 Å². The van der Waals surface area contributed by atoms with Gasteiger partial charge in [0, 0.05) is 35.3 Å². The number of aliphatic hydroxyl groups is 3. The minimum atomic E-state index is -1.26. The monoisotopic (exact) mass is 364 g/mol. The third kappa shape index (κ3) is 1.83. The normalized spacial score (nSPS) is 43.8. The second-order valence-electron chi connectivity index (χ2n) is 8.54. The van der Waals surface area contributed by atoms with E-state index in [-0.39, 0.29) is 12.3 Å². The van der Waals surface area contributed by atoms with E-state index in [1.165, 1.54) is 6.07 Å². The van der Waals surface area contributed by atoms with Gasteiger partial charge in [0.25, 0.3) is 0 Å². The molecule has 1 aromatic rings. The summed E-state index contributed by atoms with van der Waals surface area (Å²) < 4.78 is 10.9. The van der Waals surface area contributed by atoms with Crippen LogP contribution in [0.4, 0.5) is 0 Å². The topological polar surface area (TPSA) is 117 Å². The predicted molar refractivity (Wildman–Crippen MR) is 89.5 cm³/mol. The van der Waals surface area contributed by atoms with Crippen LogP contribution in [-0.4, -0.2) is 39.6 Å². The van der Waals surface area contributed by atoms with Gasteiger partial charge in [-0.15, -0.1) is 0 Å². The summed E-state index contributed by atoms with van der Waals surface area (Å²) in [6, 6.07) is 1.30. The van der Waals surface area contributed by atoms with Crippen LogP contribution in [-0.2, 0) is 14.9 Å². The summed E-state index contributed by atoms with van der Waals surface area (Å²) >= 11 is 0. The molecule has 3 N–H and O–H groups in total. The highest BCUT2D eigenvalue weighted by atomic mass is 16.6. The number of carbonyl (C=O) groups is 1. The zero-order valence-corrected chi connectivity index (χ0v) is 15.2. The van der Waals surface area contributed by atoms with Gasteiger partial charge in [-0.05, 0) is 12.5 Å². The van der Waals surface area contributed by atoms with Gasteiger partial charge in [0.05, 0.1) is 17.6 Å². The number of carbonyl (C=O) groups excluding carboxylic acids is 1. The first-order chi connectivity index (χ1) is 12.0. The molecule has 0 spiro atoms. The number of fused-ring (bicyclic) bond motifs is 2. The summed E-state index contributed by atoms with van der Waals surface area (Å²) in [6.07, 6.45) is -4.21. The van der Waals surface area contributed by atoms with Crippen molar-refractivity contribution >= 4 is 5.97 Å². The van der Waals surface area contributed by atoms with Crippen molar-refractivity contribution in [2.75, 3.05) is 0 Å². The molecule has 0 amide bonds. The maximum Gasteiger partial charge on any atom is 0.336 e. The Morgan fingerprint density at radius 1 is 1.12 bits per heavy atom. The molecule has 0 radical (unpaired) electrons. The fourth-order valence-corrected chi connectivity index (χ4v) is 5.46. The van der Waals surface area contributed by atoms with Gasteiger partial charge in [0.15, 0.2) is 0 Å². The molecule has 142 valence electrons. The van der Waals surface area contributed by atoms with E-state index in [2.05, 4.69) is 0 Å². The molecule has 3 aliphatic rings. The van der Waals surface area contributed by atoms with Crippen LogP contribution in [0.2, 0.25) is 0 Å². The third-order valence-corrected chi connectivity index (χ3v) is 6.87. The van der Waals surface area contributed by atoms with E-state index in [1.807, 2.05) is 13.8 Å². The van der Waals surface area contributed by atoms with E-state index in [1.54, 1.807) is 13.8 Å². The molecule has 7 atom stereocenters. The van der Waals surface area contributed by atoms with E-state index in [0.717, 1.165) is 0 Å². The minimum Gasteiger partial charge on any atom is -0.458 e. The lowest BCUT2D eigenvalue weighted by molar-refractivity contribution is -0.160. The summed E-state index contributed by atoms with van der Waals surface area (Å²) in [5.41, 5.74) is -1.96. The van der Waals surface area contributed by atoms with E-state index in [9.17, 15) is 24.9 Å². The molecule has 1 aliphatic heterocycles. The van der Waals surface area contributed by atoms with Crippen molar-refractivity contribution in [3.8, 4) is 0 Å². The standard InChI is InChI=1S/C19H24O7/c1-7(2)14-12-8(5-11(22)25-14)18(3)9(20)6-10(21)19(4)16(18)15(13(12)23)26-17(19)24/h5,7,9-10,13,15-16,20-21,23H,6H2,1-4H3/t9-,10+,13-,15-,16-,18+,19+/m1/s1. The van der Waals surface area contributed by atoms with Crippen LogP contribution in [0.3, 0.4) is 0 Å². The number of ether oxygens (including phenoxy) is 1. The molecule has 0 bridgehead atoms. The SMILES string of the molecule is CC(C)c1oc(=O)cc2c1[C@@H](O)[C@H]1OC(=O)[C@@]3(C)[C@@H](O)C[C@@H](O)[C@@]2(C)[C@@H]13. The van der Waals surface area contributed by atoms with Crippen molar-refractivity contribution in [1.82, 2.24) is 0 Å². The Bertz CT molecular complexity index is 843. The average molecular weight is 364 g/mol. The van der Waals surface area contributed by atoms with Gasteiger partial charge in [-0.2, -0.15) is 0 Å². The van der Waals surface area contributed by atoms with Crippen molar-refractivity contribution in [3.63, 3.8) is 0 Å². The molecular weight excluding hydrogens is 340 g/mol. The number of hydrogen-bond donors (Lipinski definition) is 3. The average Bonchev–Trinajstić information content (AvgIpc) is 2.84. The van der Waals surface area contributed by atoms with Crippen LogP contribution in [0, 0.1) is 11.3 Å². The lowest BCUT2D eigenvalue weighted by atomic mass is 9.47. The van der Waals surface area contributed by atoms with Gasteiger partial charge >= 0.3 is 11.6 Å². The molecule has 0 unspecified atom stereocenters. The second-order valence-corrected chi connectivity index (χ2v) is 8.54. The molecule has 2 fully saturated rings. The number of hydrogen-bond acceptors (Lipinski definition) is 7. The molecule has 7 heteroatoms. The highest BCUT2D eigenvalue weighted by Gasteiger charge is 2.72. The van der Waals surface area contributed by atoms with Gasteiger partial charge in [-0.3, -0.25) is 4.79 Å². The Labute approximate surface area is 150 Å². The molecule has 0 aromatic carbocycles. The highest BCUT2D eigenvalue weighted by molar-refractivity contribution is 5.81. The Kier molecular flexibility index (Phi) is 3.53. The molecule has 7 nitrogen and oxygen atoms in total. The first kappa shape index (κ1) is 17.7. The van der Waals surface area contributed by atoms with Crippen LogP contribution >= 0.6 is 0 Å². The summed E-state index contributed by atoms with van der Waals surface area (Å²) in [5, 5.41) is 32.5. The van der Waals surface area contributed by atoms with E-state index < -0.39 is 52.8 Å². The van der Waals surface area contributed by atoms with Gasteiger partial charge in [-0.1, -0.05) is 20.8 Å². The summed E-state index contributed by atoms with van der Waals surface area (Å²) in [5.74, 6) is -1.09. The Morgan fingerprint density at radius 2 is 1.73 bits per heavy atom. The van der Waals surface area contributed by atoms with Crippen molar-refractivity contribution in [2.45, 2.75) is 69.9 Å². The lowest BCUT2D eigenvalue weighted by Gasteiger charge is -2.56. The molecule has 4 rings (SSSR count). The van der Waals surface area contributed by atoms with E-state index >= 15 is 0 Å². The maximum atomic E-state index is 12.7. The van der Waals surface area contributed by atoms with E-state index in [0.29, 0.717) is 16.9 Å². The summed E-state index contributed by atoms with van der Waals surface area (Å²) in [4.78, 5) is 24.9. The van der Waals surface area contributed by atoms with Gasteiger partial charge in [0.2, 0.25) is 0 Å². The van der Waals surface area contributed by atoms with Gasteiger partial charge in [-0.25, -0.2) is 4.79 Å². The zero-order valence-electron chi connectivity index (χ0n) is 15.2. The molecule has 1 saturated heterocycles. The quantitative estimate of drug-likeness (QED) is 0.629. The van der Waals surface area contributed by atoms with Crippen molar-refractivity contribution in [2.24, 2.45) is 11.3 Å². The third-order valence-electron chi connectivity index (χ3n) is 6.87. The van der Waals surface area contributed by atoms with Crippen LogP contribution in [0.1, 0.15) is 63.0 Å². The number of aliphatic hydroxyl groups excluding tert-OH is 3. The summed E-state index contributed by atoms with van der Waals surface area (Å²) in [7, 11) is 0. The fourth-order valence-electron chi connectivity index (χ4n) is 5.46. The first-order valence-corrected chi connectivity index (χ1v) is 8.98. The van der Waals surface area contributed by atoms with Gasteiger partial charge < -0.3 is 24.5 Å². The lowest BCUT2D eigenvalue weighted by Crippen LogP contribution is -2.64. The van der Waals surface area contributed by atoms with Crippen molar-refractivity contribution in [1.29, 1.82) is 0 Å². The zero-order chi connectivity index (χ0) is 19.2. The summed E-state index contributed by atoms with van der Waals surface area (Å²) in [6.45, 7) is 7.06. The Morgan fingerprint density at radius 3 is 2.35 bits per heavy atom. The maximum absolute atomic E-state index is 12.7. The molecule has 26 heavy (non-hydrogen) atoms. The van der Waals surface area contributed by atoms with Crippen LogP contribution < -0.4 is 5.63 Å². The van der Waals surface area contributed by atoms with Crippen LogP contribution in [0.25, 0.3) is 0 Å². The largest absolute Gasteiger partial charge is 0.458 e. The fraction of sp³-hybridized carbons (Fsp3) is 0.684. The smallest absolute Gasteiger partial charge is 0.336 e. The van der Waals surface area contributed by atoms with Crippen molar-refractivity contribution in [3.05, 3.63) is 33.4 Å². The van der Waals surface area contributed by atoms with Crippen LogP contribution in [0.5, 0.6) is 0 Å². The van der Waals surface area contributed by atoms with Gasteiger partial charge in [0.1, 0.15) is 18.0 Å². The second kappa shape index (κ2) is 5.18. The Hall–Kier alpha value is -1.70. The number of esters is 1. The first-order valence-electron chi connectivity index (χ1n) is 8.98. The molecular formula is C19H24O7. The minimum absolute atomic E-state index is 0.0158. The molecule has 1 aromatic heterocycles. The van der Waals surface area contributed by atoms with Crippen molar-refractivity contribution < 1.29 is 29.3 Å². The highest BCUT2D eigenvalue weighted by Crippen LogP contribution is 2.63. The van der Waals surface area contributed by atoms with E-state index in [4.69, 9.17) is 9.15 Å². The predicted octanol–water partition coefficient (Wildman–Crippen LogP) is 0.741. The molecule has 1 saturated carbocycles. The Balaban J connectivity index is 2.07. The molecule has 2 heterocycles.